The molecular weight excluding hydrogens is 342 g/mol. The van der Waals surface area contributed by atoms with Gasteiger partial charge in [-0.3, -0.25) is 0 Å². The molecule has 0 aliphatic rings. The molecule has 4 nitrogen and oxygen atoms in total. The van der Waals surface area contributed by atoms with Crippen LogP contribution < -0.4 is 5.01 Å². The number of rotatable bonds is 3. The van der Waals surface area contributed by atoms with Crippen molar-refractivity contribution in [2.75, 3.05) is 5.01 Å². The number of benzene rings is 2. The topological polar surface area (TPSA) is 46.4 Å². The Kier molecular flexibility index (Phi) is 4.41. The van der Waals surface area contributed by atoms with Gasteiger partial charge in [0.15, 0.2) is 5.03 Å². The van der Waals surface area contributed by atoms with E-state index in [2.05, 4.69) is 0 Å². The Hall–Kier alpha value is -2.78. The summed E-state index contributed by atoms with van der Waals surface area (Å²) in [5.74, 6) is 0. The summed E-state index contributed by atoms with van der Waals surface area (Å²) < 4.78 is 78.5. The average Bonchev–Trinajstić information content (AvgIpc) is 2.46. The first kappa shape index (κ1) is 17.6. The van der Waals surface area contributed by atoms with Gasteiger partial charge >= 0.3 is 12.4 Å². The SMILES string of the molecule is O=[N+]([O-])N(c1ccccc1)c1cccc(C(F)(F)F)c1C(F)(F)F. The lowest BCUT2D eigenvalue weighted by Gasteiger charge is -2.22. The lowest BCUT2D eigenvalue weighted by molar-refractivity contribution is -0.483. The number of anilines is 2. The number of halogens is 6. The fourth-order valence-electron chi connectivity index (χ4n) is 2.14. The van der Waals surface area contributed by atoms with Crippen molar-refractivity contribution in [3.05, 3.63) is 69.8 Å². The van der Waals surface area contributed by atoms with E-state index in [1.165, 1.54) is 18.2 Å². The van der Waals surface area contributed by atoms with E-state index in [1.807, 2.05) is 0 Å². The predicted molar refractivity (Wildman–Crippen MR) is 72.0 cm³/mol. The molecule has 24 heavy (non-hydrogen) atoms. The van der Waals surface area contributed by atoms with Crippen LogP contribution >= 0.6 is 0 Å². The van der Waals surface area contributed by atoms with E-state index in [9.17, 15) is 36.5 Å². The molecule has 0 heterocycles. The number of hydrogen-bond acceptors (Lipinski definition) is 2. The van der Waals surface area contributed by atoms with E-state index < -0.39 is 34.2 Å². The lowest BCUT2D eigenvalue weighted by atomic mass is 10.0. The molecule has 0 aromatic heterocycles. The third kappa shape index (κ3) is 3.42. The maximum atomic E-state index is 13.2. The van der Waals surface area contributed by atoms with Crippen molar-refractivity contribution < 1.29 is 31.4 Å². The second-order valence-electron chi connectivity index (χ2n) is 4.58. The summed E-state index contributed by atoms with van der Waals surface area (Å²) in [6.45, 7) is 0. The van der Waals surface area contributed by atoms with Crippen molar-refractivity contribution >= 4 is 11.4 Å². The van der Waals surface area contributed by atoms with E-state index in [0.29, 0.717) is 12.1 Å². The quantitative estimate of drug-likeness (QED) is 0.442. The Balaban J connectivity index is 2.79. The minimum atomic E-state index is -5.44. The van der Waals surface area contributed by atoms with Gasteiger partial charge in [-0.2, -0.15) is 26.3 Å². The lowest BCUT2D eigenvalue weighted by Crippen LogP contribution is -2.28. The van der Waals surface area contributed by atoms with E-state index >= 15 is 0 Å². The third-order valence-corrected chi connectivity index (χ3v) is 3.02. The molecular formula is C14H8F6N2O2. The normalized spacial score (nSPS) is 12.1. The van der Waals surface area contributed by atoms with Gasteiger partial charge in [0.25, 0.3) is 0 Å². The molecule has 0 fully saturated rings. The zero-order valence-corrected chi connectivity index (χ0v) is 11.6. The van der Waals surface area contributed by atoms with Crippen molar-refractivity contribution in [3.8, 4) is 0 Å². The van der Waals surface area contributed by atoms with E-state index in [0.717, 1.165) is 12.1 Å². The van der Waals surface area contributed by atoms with Gasteiger partial charge in [-0.1, -0.05) is 29.3 Å². The number of nitro groups is 1. The first-order valence-electron chi connectivity index (χ1n) is 6.30. The molecule has 0 unspecified atom stereocenters. The molecule has 0 radical (unpaired) electrons. The van der Waals surface area contributed by atoms with Crippen LogP contribution in [-0.2, 0) is 12.4 Å². The Labute approximate surface area is 131 Å². The fourth-order valence-corrected chi connectivity index (χ4v) is 2.14. The van der Waals surface area contributed by atoms with Crippen LogP contribution in [0.1, 0.15) is 11.1 Å². The Morgan fingerprint density at radius 3 is 1.88 bits per heavy atom. The Morgan fingerprint density at radius 1 is 0.833 bits per heavy atom. The van der Waals surface area contributed by atoms with Crippen LogP contribution in [-0.4, -0.2) is 5.03 Å². The molecule has 0 N–H and O–H groups in total. The summed E-state index contributed by atoms with van der Waals surface area (Å²) >= 11 is 0. The van der Waals surface area contributed by atoms with Gasteiger partial charge in [0.1, 0.15) is 11.4 Å². The van der Waals surface area contributed by atoms with Gasteiger partial charge in [0.05, 0.1) is 11.1 Å². The van der Waals surface area contributed by atoms with Crippen LogP contribution in [0.5, 0.6) is 0 Å². The molecule has 0 atom stereocenters. The molecule has 128 valence electrons. The third-order valence-electron chi connectivity index (χ3n) is 3.02. The molecule has 0 spiro atoms. The largest absolute Gasteiger partial charge is 0.419 e. The molecule has 10 heteroatoms. The van der Waals surface area contributed by atoms with Gasteiger partial charge in [-0.25, -0.2) is 10.1 Å². The summed E-state index contributed by atoms with van der Waals surface area (Å²) in [6, 6.07) is 7.85. The van der Waals surface area contributed by atoms with Crippen LogP contribution in [0.4, 0.5) is 37.7 Å². The maximum absolute atomic E-state index is 13.2. The van der Waals surface area contributed by atoms with Gasteiger partial charge in [0, 0.05) is 0 Å². The minimum absolute atomic E-state index is 0.0297. The van der Waals surface area contributed by atoms with Crippen molar-refractivity contribution in [1.82, 2.24) is 0 Å². The van der Waals surface area contributed by atoms with Crippen LogP contribution in [0.15, 0.2) is 48.5 Å². The van der Waals surface area contributed by atoms with Crippen LogP contribution in [0.2, 0.25) is 0 Å². The first-order chi connectivity index (χ1) is 11.0. The molecule has 0 aliphatic heterocycles. The summed E-state index contributed by atoms with van der Waals surface area (Å²) in [5.41, 5.74) is -5.63. The minimum Gasteiger partial charge on any atom is -0.234 e. The maximum Gasteiger partial charge on any atom is 0.419 e. The first-order valence-corrected chi connectivity index (χ1v) is 6.30. The number of para-hydroxylation sites is 1. The monoisotopic (exact) mass is 350 g/mol. The molecule has 0 amide bonds. The second-order valence-corrected chi connectivity index (χ2v) is 4.58. The van der Waals surface area contributed by atoms with Crippen molar-refractivity contribution in [1.29, 1.82) is 0 Å². The Bertz CT molecular complexity index is 743. The summed E-state index contributed by atoms with van der Waals surface area (Å²) in [5, 5.41) is 9.99. The van der Waals surface area contributed by atoms with Crippen LogP contribution in [0, 0.1) is 10.1 Å². The highest BCUT2D eigenvalue weighted by Gasteiger charge is 2.47. The van der Waals surface area contributed by atoms with Crippen molar-refractivity contribution in [2.45, 2.75) is 12.4 Å². The highest BCUT2D eigenvalue weighted by Crippen LogP contribution is 2.46. The van der Waals surface area contributed by atoms with E-state index in [1.54, 1.807) is 0 Å². The summed E-state index contributed by atoms with van der Waals surface area (Å²) in [4.78, 5) is 11.2. The Morgan fingerprint density at radius 2 is 1.42 bits per heavy atom. The molecule has 0 saturated heterocycles. The average molecular weight is 350 g/mol. The van der Waals surface area contributed by atoms with Crippen LogP contribution in [0.25, 0.3) is 0 Å². The molecule has 0 aliphatic carbocycles. The number of alkyl halides is 6. The van der Waals surface area contributed by atoms with Gasteiger partial charge in [-0.15, -0.1) is 0 Å². The number of nitrogens with zero attached hydrogens (tertiary/aromatic N) is 2. The van der Waals surface area contributed by atoms with Gasteiger partial charge < -0.3 is 0 Å². The summed E-state index contributed by atoms with van der Waals surface area (Å²) in [6.07, 6.45) is -10.8. The highest BCUT2D eigenvalue weighted by atomic mass is 19.4. The number of hydrogen-bond donors (Lipinski definition) is 0. The van der Waals surface area contributed by atoms with Crippen molar-refractivity contribution in [2.24, 2.45) is 0 Å². The molecule has 2 aromatic carbocycles. The van der Waals surface area contributed by atoms with Gasteiger partial charge in [0.2, 0.25) is 0 Å². The molecule has 0 saturated carbocycles. The smallest absolute Gasteiger partial charge is 0.234 e. The van der Waals surface area contributed by atoms with Crippen molar-refractivity contribution in [3.63, 3.8) is 0 Å². The summed E-state index contributed by atoms with van der Waals surface area (Å²) in [7, 11) is 0. The second kappa shape index (κ2) is 6.02. The fraction of sp³-hybridized carbons (Fsp3) is 0.143. The van der Waals surface area contributed by atoms with Crippen LogP contribution in [0.3, 0.4) is 0 Å². The molecule has 0 bridgehead atoms. The van der Waals surface area contributed by atoms with E-state index in [4.69, 9.17) is 0 Å². The standard InChI is InChI=1S/C14H8F6N2O2/c15-13(16,17)10-7-4-8-11(12(10)14(18,19)20)21(22(23)24)9-5-2-1-3-6-9/h1-8H. The zero-order chi connectivity index (χ0) is 18.1. The van der Waals surface area contributed by atoms with Gasteiger partial charge in [-0.05, 0) is 24.3 Å². The molecule has 2 aromatic rings. The molecule has 2 rings (SSSR count). The predicted octanol–water partition coefficient (Wildman–Crippen LogP) is 5.05. The highest BCUT2D eigenvalue weighted by molar-refractivity contribution is 5.66. The van der Waals surface area contributed by atoms with E-state index in [-0.39, 0.29) is 16.8 Å². The zero-order valence-electron chi connectivity index (χ0n) is 11.6. The number of hydrazine groups is 1.